The molecule has 0 aliphatic heterocycles. The van der Waals surface area contributed by atoms with Crippen LogP contribution in [0.1, 0.15) is 150 Å². The molecule has 0 radical (unpaired) electrons. The van der Waals surface area contributed by atoms with Gasteiger partial charge in [0.15, 0.2) is 8.32 Å². The van der Waals surface area contributed by atoms with Crippen LogP contribution in [0.3, 0.4) is 0 Å². The van der Waals surface area contributed by atoms with Crippen molar-refractivity contribution in [2.75, 3.05) is 78.9 Å². The molecule has 0 amide bonds. The van der Waals surface area contributed by atoms with Crippen LogP contribution in [0.4, 0.5) is 0 Å². The van der Waals surface area contributed by atoms with Crippen molar-refractivity contribution in [2.24, 2.45) is 17.2 Å². The second kappa shape index (κ2) is 44.7. The van der Waals surface area contributed by atoms with Crippen molar-refractivity contribution >= 4 is 37.7 Å². The highest BCUT2D eigenvalue weighted by Crippen LogP contribution is 2.21. The lowest BCUT2D eigenvalue weighted by Crippen LogP contribution is -2.46. The van der Waals surface area contributed by atoms with Gasteiger partial charge in [-0.25, -0.2) is 0 Å². The average Bonchev–Trinajstić information content (AvgIpc) is 3.17. The molecule has 0 rings (SSSR count). The number of unbranched alkanes of at least 4 members (excludes halogenated alkanes) is 14. The summed E-state index contributed by atoms with van der Waals surface area (Å²) in [5, 5.41) is 0. The van der Waals surface area contributed by atoms with Gasteiger partial charge in [-0.15, -0.1) is 0 Å². The van der Waals surface area contributed by atoms with Gasteiger partial charge in [-0.2, -0.15) is 11.8 Å². The Kier molecular flexibility index (Phi) is 48.8. The smallest absolute Gasteiger partial charge is 0.417 e. The average molecular weight is 847 g/mol. The lowest BCUT2D eigenvalue weighted by Gasteiger charge is -2.28. The lowest BCUT2D eigenvalue weighted by atomic mass is 10.1. The Morgan fingerprint density at radius 3 is 1.13 bits per heavy atom. The van der Waals surface area contributed by atoms with E-state index in [9.17, 15) is 0 Å². The number of hydrogen-bond donors (Lipinski definition) is 3. The summed E-state index contributed by atoms with van der Waals surface area (Å²) in [6.07, 6.45) is 24.4. The summed E-state index contributed by atoms with van der Waals surface area (Å²) in [5.41, 5.74) is 16.4. The summed E-state index contributed by atoms with van der Waals surface area (Å²) in [7, 11) is -1.04. The van der Waals surface area contributed by atoms with Gasteiger partial charge < -0.3 is 48.2 Å². The van der Waals surface area contributed by atoms with Gasteiger partial charge in [0.1, 0.15) is 0 Å². The van der Waals surface area contributed by atoms with Crippen molar-refractivity contribution in [3.63, 3.8) is 0 Å². The van der Waals surface area contributed by atoms with Crippen LogP contribution in [0.5, 0.6) is 0 Å². The molecule has 0 heterocycles. The van der Waals surface area contributed by atoms with Crippen LogP contribution in [0.25, 0.3) is 0 Å². The molecule has 14 heteroatoms. The van der Waals surface area contributed by atoms with E-state index in [0.717, 1.165) is 81.9 Å². The van der Waals surface area contributed by atoms with Crippen LogP contribution in [-0.2, 0) is 31.0 Å². The van der Waals surface area contributed by atoms with Crippen LogP contribution in [-0.4, -0.2) is 105 Å². The molecule has 0 spiro atoms. The number of nitrogens with two attached hydrogens (primary N) is 3. The molecule has 0 aromatic heterocycles. The quantitative estimate of drug-likeness (QED) is 0.0402. The minimum Gasteiger partial charge on any atom is -0.417 e. The molecule has 0 bridgehead atoms. The maximum absolute atomic E-state index is 6.00. The standard InChI is InChI=1S/C17H39NOSi.C12H29NO3SSi.C11H27NO3Si/c1-4-16-19-20(2,3)17-14-12-10-8-6-5-7-9-11-13-15-18;1-4-14-18(15-5-2,16-6-3)12-8-11-17-10-7-9-13;1-13-16(14-2,15-3)11-9-7-5-4-6-8-10-12/h4-18H2,1-3H3;4-13H2,1-3H3;4-12H2,1-3H3. The molecule has 0 saturated carbocycles. The molecule has 0 unspecified atom stereocenters. The minimum absolute atomic E-state index is 0.659. The van der Waals surface area contributed by atoms with Crippen molar-refractivity contribution < 1.29 is 31.0 Å². The molecule has 0 fully saturated rings. The Labute approximate surface area is 344 Å². The molecular formula is C40H95N3O7SSi3. The summed E-state index contributed by atoms with van der Waals surface area (Å²) in [5.74, 6) is 2.27. The molecule has 0 aromatic rings. The summed E-state index contributed by atoms with van der Waals surface area (Å²) in [6.45, 7) is 18.3. The molecule has 0 atom stereocenters. The van der Waals surface area contributed by atoms with Gasteiger partial charge in [0.2, 0.25) is 0 Å². The molecule has 0 aliphatic carbocycles. The maximum atomic E-state index is 6.00. The lowest BCUT2D eigenvalue weighted by molar-refractivity contribution is 0.0712. The first-order valence-corrected chi connectivity index (χ1v) is 30.1. The fourth-order valence-electron chi connectivity index (χ4n) is 5.99. The zero-order valence-corrected chi connectivity index (χ0v) is 41.2. The van der Waals surface area contributed by atoms with Gasteiger partial charge in [-0.1, -0.05) is 90.4 Å². The normalized spacial score (nSPS) is 12.0. The van der Waals surface area contributed by atoms with E-state index in [1.165, 1.54) is 95.9 Å². The van der Waals surface area contributed by atoms with E-state index in [2.05, 4.69) is 20.0 Å². The highest BCUT2D eigenvalue weighted by atomic mass is 32.2. The fourth-order valence-corrected chi connectivity index (χ4v) is 13.6. The highest BCUT2D eigenvalue weighted by molar-refractivity contribution is 7.99. The fraction of sp³-hybridized carbons (Fsp3) is 1.00. The minimum atomic E-state index is -2.40. The van der Waals surface area contributed by atoms with Gasteiger partial charge in [-0.3, -0.25) is 0 Å². The molecule has 330 valence electrons. The number of thioether (sulfide) groups is 1. The second-order valence-electron chi connectivity index (χ2n) is 14.5. The Morgan fingerprint density at radius 1 is 0.407 bits per heavy atom. The first kappa shape index (κ1) is 58.9. The van der Waals surface area contributed by atoms with Crippen molar-refractivity contribution in [2.45, 2.75) is 181 Å². The highest BCUT2D eigenvalue weighted by Gasteiger charge is 2.39. The molecule has 0 aromatic carbocycles. The third-order valence-electron chi connectivity index (χ3n) is 9.16. The van der Waals surface area contributed by atoms with Crippen LogP contribution >= 0.6 is 11.8 Å². The van der Waals surface area contributed by atoms with Gasteiger partial charge in [-0.05, 0) is 110 Å². The van der Waals surface area contributed by atoms with E-state index in [-0.39, 0.29) is 0 Å². The van der Waals surface area contributed by atoms with Gasteiger partial charge in [0, 0.05) is 59.8 Å². The Balaban J connectivity index is -0.000000727. The van der Waals surface area contributed by atoms with Crippen LogP contribution in [0, 0.1) is 0 Å². The molecule has 6 N–H and O–H groups in total. The maximum Gasteiger partial charge on any atom is 0.500 e. The van der Waals surface area contributed by atoms with Crippen molar-refractivity contribution in [3.05, 3.63) is 0 Å². The van der Waals surface area contributed by atoms with E-state index in [0.29, 0.717) is 19.8 Å². The zero-order chi connectivity index (χ0) is 41.1. The third-order valence-corrected chi connectivity index (χ3v) is 18.8. The van der Waals surface area contributed by atoms with Gasteiger partial charge in [0.25, 0.3) is 0 Å². The monoisotopic (exact) mass is 846 g/mol. The van der Waals surface area contributed by atoms with Gasteiger partial charge >= 0.3 is 17.6 Å². The molecule has 54 heavy (non-hydrogen) atoms. The van der Waals surface area contributed by atoms with Crippen LogP contribution in [0.2, 0.25) is 31.2 Å². The molecular weight excluding hydrogens is 751 g/mol. The largest absolute Gasteiger partial charge is 0.500 e. The van der Waals surface area contributed by atoms with Crippen molar-refractivity contribution in [1.29, 1.82) is 0 Å². The molecule has 0 saturated heterocycles. The van der Waals surface area contributed by atoms with E-state index in [1.807, 2.05) is 32.5 Å². The zero-order valence-electron chi connectivity index (χ0n) is 37.4. The Hall–Kier alpha value is 0.601. The summed E-state index contributed by atoms with van der Waals surface area (Å²) >= 11 is 1.95. The first-order chi connectivity index (χ1) is 26.1. The van der Waals surface area contributed by atoms with E-state index in [4.69, 9.17) is 48.2 Å². The number of hydrogen-bond acceptors (Lipinski definition) is 11. The van der Waals surface area contributed by atoms with Crippen LogP contribution < -0.4 is 17.2 Å². The molecule has 10 nitrogen and oxygen atoms in total. The van der Waals surface area contributed by atoms with Crippen LogP contribution in [0.15, 0.2) is 0 Å². The van der Waals surface area contributed by atoms with E-state index < -0.39 is 25.9 Å². The van der Waals surface area contributed by atoms with Crippen molar-refractivity contribution in [3.8, 4) is 0 Å². The van der Waals surface area contributed by atoms with Crippen molar-refractivity contribution in [1.82, 2.24) is 0 Å². The second-order valence-corrected chi connectivity index (χ2v) is 25.8. The first-order valence-electron chi connectivity index (χ1n) is 22.0. The van der Waals surface area contributed by atoms with Gasteiger partial charge in [0.05, 0.1) is 0 Å². The molecule has 0 aliphatic rings. The predicted molar refractivity (Wildman–Crippen MR) is 243 cm³/mol. The Bertz CT molecular complexity index is 696. The topological polar surface area (TPSA) is 143 Å². The Morgan fingerprint density at radius 2 is 0.759 bits per heavy atom. The third kappa shape index (κ3) is 39.4. The van der Waals surface area contributed by atoms with E-state index >= 15 is 0 Å². The SMILES string of the molecule is CCCO[Si](C)(C)CCCCCCCCCCCCN.CCO[Si](CCCSCCCN)(OCC)OCC.CO[Si](CCCCCCCCN)(OC)OC. The predicted octanol–water partition coefficient (Wildman–Crippen LogP) is 10.1. The summed E-state index contributed by atoms with van der Waals surface area (Å²) in [4.78, 5) is 0. The van der Waals surface area contributed by atoms with E-state index in [1.54, 1.807) is 21.3 Å². The summed E-state index contributed by atoms with van der Waals surface area (Å²) in [6, 6.07) is 3.16. The number of rotatable bonds is 39. The summed E-state index contributed by atoms with van der Waals surface area (Å²) < 4.78 is 39.5.